The quantitative estimate of drug-likeness (QED) is 0.679. The number of halogens is 3. The summed E-state index contributed by atoms with van der Waals surface area (Å²) < 4.78 is 43.9. The third-order valence-electron chi connectivity index (χ3n) is 5.04. The zero-order chi connectivity index (χ0) is 20.4. The molecule has 2 heterocycles. The van der Waals surface area contributed by atoms with Crippen LogP contribution in [0.2, 0.25) is 0 Å². The van der Waals surface area contributed by atoms with Crippen LogP contribution in [-0.4, -0.2) is 39.7 Å². The fourth-order valence-electron chi connectivity index (χ4n) is 3.43. The molecule has 0 bridgehead atoms. The van der Waals surface area contributed by atoms with E-state index < -0.39 is 11.7 Å². The normalized spacial score (nSPS) is 18.1. The molecular formula is C21H20F3N3O2. The number of aromatic hydroxyl groups is 1. The van der Waals surface area contributed by atoms with Crippen LogP contribution < -0.4 is 0 Å². The minimum absolute atomic E-state index is 0.147. The molecule has 5 nitrogen and oxygen atoms in total. The number of benzene rings is 2. The van der Waals surface area contributed by atoms with E-state index in [1.165, 1.54) is 12.1 Å². The topological polar surface area (TPSA) is 61.4 Å². The van der Waals surface area contributed by atoms with Crippen molar-refractivity contribution in [2.24, 2.45) is 0 Å². The Kier molecular flexibility index (Phi) is 5.29. The Hall–Kier alpha value is -2.84. The highest BCUT2D eigenvalue weighted by atomic mass is 19.4. The van der Waals surface area contributed by atoms with Gasteiger partial charge in [-0.2, -0.15) is 13.2 Å². The molecule has 0 amide bonds. The molecule has 0 radical (unpaired) electrons. The van der Waals surface area contributed by atoms with E-state index in [1.807, 2.05) is 12.1 Å². The van der Waals surface area contributed by atoms with Gasteiger partial charge in [-0.05, 0) is 23.8 Å². The van der Waals surface area contributed by atoms with Gasteiger partial charge in [-0.1, -0.05) is 30.3 Å². The van der Waals surface area contributed by atoms with Gasteiger partial charge < -0.3 is 14.8 Å². The Morgan fingerprint density at radius 2 is 1.90 bits per heavy atom. The second-order valence-corrected chi connectivity index (χ2v) is 6.95. The van der Waals surface area contributed by atoms with E-state index >= 15 is 0 Å². The van der Waals surface area contributed by atoms with Crippen molar-refractivity contribution >= 4 is 0 Å². The maximum Gasteiger partial charge on any atom is 0.416 e. The van der Waals surface area contributed by atoms with E-state index in [1.54, 1.807) is 18.3 Å². The zero-order valence-corrected chi connectivity index (χ0v) is 15.5. The van der Waals surface area contributed by atoms with Crippen LogP contribution in [-0.2, 0) is 17.5 Å². The smallest absolute Gasteiger partial charge is 0.416 e. The number of phenols is 1. The van der Waals surface area contributed by atoms with Gasteiger partial charge in [0.2, 0.25) is 0 Å². The van der Waals surface area contributed by atoms with Crippen molar-refractivity contribution in [2.75, 3.05) is 19.8 Å². The second kappa shape index (κ2) is 7.88. The number of aromatic nitrogens is 2. The summed E-state index contributed by atoms with van der Waals surface area (Å²) in [5.41, 5.74) is 1.40. The van der Waals surface area contributed by atoms with Crippen LogP contribution in [0.25, 0.3) is 11.3 Å². The number of alkyl halides is 3. The predicted molar refractivity (Wildman–Crippen MR) is 101 cm³/mol. The lowest BCUT2D eigenvalue weighted by atomic mass is 10.1. The lowest BCUT2D eigenvalue weighted by molar-refractivity contribution is -0.137. The van der Waals surface area contributed by atoms with E-state index in [9.17, 15) is 18.3 Å². The number of phenolic OH excluding ortho intramolecular Hbond substituents is 1. The number of nitrogens with one attached hydrogen (secondary N) is 1. The highest BCUT2D eigenvalue weighted by molar-refractivity contribution is 5.59. The molecular weight excluding hydrogens is 383 g/mol. The molecule has 4 rings (SSSR count). The number of aromatic amines is 1. The number of imidazole rings is 1. The van der Waals surface area contributed by atoms with Crippen molar-refractivity contribution in [3.8, 4) is 17.0 Å². The van der Waals surface area contributed by atoms with E-state index in [-0.39, 0.29) is 11.8 Å². The standard InChI is InChI=1S/C21H20F3N3O2/c22-21(23,24)16-7-5-14(6-8-16)17-11-25-20(26-17)18-13-29-10-9-27(18)12-15-3-1-2-4-19(15)28/h1-8,11,18,28H,9-10,12-13H2,(H,25,26)/t18-/m0/s1. The van der Waals surface area contributed by atoms with Crippen molar-refractivity contribution in [3.63, 3.8) is 0 Å². The maximum atomic E-state index is 12.8. The number of para-hydroxylation sites is 1. The molecule has 1 fully saturated rings. The molecule has 0 saturated carbocycles. The molecule has 1 aromatic heterocycles. The molecule has 0 spiro atoms. The molecule has 3 aromatic rings. The Morgan fingerprint density at radius 3 is 2.62 bits per heavy atom. The van der Waals surface area contributed by atoms with Crippen LogP contribution in [0.1, 0.15) is 23.0 Å². The van der Waals surface area contributed by atoms with Gasteiger partial charge in [0.15, 0.2) is 0 Å². The van der Waals surface area contributed by atoms with Gasteiger partial charge in [-0.3, -0.25) is 4.90 Å². The molecule has 0 unspecified atom stereocenters. The number of hydrogen-bond donors (Lipinski definition) is 2. The summed E-state index contributed by atoms with van der Waals surface area (Å²) in [5, 5.41) is 10.1. The summed E-state index contributed by atoms with van der Waals surface area (Å²) in [6, 6.07) is 12.0. The first-order valence-electron chi connectivity index (χ1n) is 9.23. The predicted octanol–water partition coefficient (Wildman–Crippen LogP) is 4.37. The van der Waals surface area contributed by atoms with Crippen LogP contribution in [0.4, 0.5) is 13.2 Å². The first-order chi connectivity index (χ1) is 13.9. The fourth-order valence-corrected chi connectivity index (χ4v) is 3.43. The Morgan fingerprint density at radius 1 is 1.14 bits per heavy atom. The highest BCUT2D eigenvalue weighted by Crippen LogP contribution is 2.32. The van der Waals surface area contributed by atoms with E-state index in [2.05, 4.69) is 14.9 Å². The van der Waals surface area contributed by atoms with Crippen molar-refractivity contribution in [3.05, 3.63) is 71.7 Å². The summed E-state index contributed by atoms with van der Waals surface area (Å²) in [7, 11) is 0. The number of hydrogen-bond acceptors (Lipinski definition) is 4. The third kappa shape index (κ3) is 4.28. The number of rotatable bonds is 4. The summed E-state index contributed by atoms with van der Waals surface area (Å²) in [4.78, 5) is 9.81. The summed E-state index contributed by atoms with van der Waals surface area (Å²) in [6.07, 6.45) is -2.74. The fraction of sp³-hybridized carbons (Fsp3) is 0.286. The molecule has 29 heavy (non-hydrogen) atoms. The van der Waals surface area contributed by atoms with Gasteiger partial charge in [0.25, 0.3) is 0 Å². The molecule has 1 atom stereocenters. The van der Waals surface area contributed by atoms with Crippen molar-refractivity contribution in [1.82, 2.24) is 14.9 Å². The molecule has 8 heteroatoms. The monoisotopic (exact) mass is 403 g/mol. The second-order valence-electron chi connectivity index (χ2n) is 6.95. The number of H-pyrrole nitrogens is 1. The van der Waals surface area contributed by atoms with Gasteiger partial charge >= 0.3 is 6.18 Å². The SMILES string of the molecule is Oc1ccccc1CN1CCOC[C@H]1c1ncc(-c2ccc(C(F)(F)F)cc2)[nH]1. The third-order valence-corrected chi connectivity index (χ3v) is 5.04. The Labute approximate surface area is 165 Å². The average molecular weight is 403 g/mol. The number of ether oxygens (including phenoxy) is 1. The van der Waals surface area contributed by atoms with Crippen LogP contribution in [0.15, 0.2) is 54.7 Å². The lowest BCUT2D eigenvalue weighted by Gasteiger charge is -2.34. The molecule has 1 saturated heterocycles. The maximum absolute atomic E-state index is 12.8. The highest BCUT2D eigenvalue weighted by Gasteiger charge is 2.30. The van der Waals surface area contributed by atoms with Crippen LogP contribution in [0.3, 0.4) is 0 Å². The first-order valence-corrected chi connectivity index (χ1v) is 9.23. The molecule has 2 N–H and O–H groups in total. The van der Waals surface area contributed by atoms with E-state index in [0.717, 1.165) is 17.7 Å². The summed E-state index contributed by atoms with van der Waals surface area (Å²) in [6.45, 7) is 2.23. The van der Waals surface area contributed by atoms with Crippen molar-refractivity contribution in [2.45, 2.75) is 18.8 Å². The number of morpholine rings is 1. The zero-order valence-electron chi connectivity index (χ0n) is 15.5. The van der Waals surface area contributed by atoms with Crippen molar-refractivity contribution in [1.29, 1.82) is 0 Å². The van der Waals surface area contributed by atoms with Gasteiger partial charge in [0, 0.05) is 18.7 Å². The van der Waals surface area contributed by atoms with E-state index in [0.29, 0.717) is 43.4 Å². The Balaban J connectivity index is 1.54. The molecule has 0 aliphatic carbocycles. The number of nitrogens with zero attached hydrogens (tertiary/aromatic N) is 2. The minimum Gasteiger partial charge on any atom is -0.508 e. The molecule has 1 aliphatic heterocycles. The van der Waals surface area contributed by atoms with Gasteiger partial charge in [0.1, 0.15) is 11.6 Å². The summed E-state index contributed by atoms with van der Waals surface area (Å²) in [5.74, 6) is 0.914. The molecule has 1 aliphatic rings. The van der Waals surface area contributed by atoms with Crippen LogP contribution >= 0.6 is 0 Å². The molecule has 2 aromatic carbocycles. The van der Waals surface area contributed by atoms with E-state index in [4.69, 9.17) is 4.74 Å². The van der Waals surface area contributed by atoms with Gasteiger partial charge in [-0.15, -0.1) is 0 Å². The Bertz CT molecular complexity index is 970. The van der Waals surface area contributed by atoms with Crippen LogP contribution in [0, 0.1) is 0 Å². The van der Waals surface area contributed by atoms with Gasteiger partial charge in [0.05, 0.1) is 36.7 Å². The first kappa shape index (κ1) is 19.5. The van der Waals surface area contributed by atoms with Gasteiger partial charge in [-0.25, -0.2) is 4.98 Å². The summed E-state index contributed by atoms with van der Waals surface area (Å²) >= 11 is 0. The minimum atomic E-state index is -4.36. The molecule has 152 valence electrons. The largest absolute Gasteiger partial charge is 0.508 e. The van der Waals surface area contributed by atoms with Crippen molar-refractivity contribution < 1.29 is 23.0 Å². The average Bonchev–Trinajstić information content (AvgIpc) is 3.20. The lowest BCUT2D eigenvalue weighted by Crippen LogP contribution is -2.39. The van der Waals surface area contributed by atoms with Crippen LogP contribution in [0.5, 0.6) is 5.75 Å².